The van der Waals surface area contributed by atoms with E-state index in [1.54, 1.807) is 6.20 Å². The Kier molecular flexibility index (Phi) is 3.60. The van der Waals surface area contributed by atoms with Crippen LogP contribution < -0.4 is 5.56 Å². The molecule has 1 saturated heterocycles. The summed E-state index contributed by atoms with van der Waals surface area (Å²) in [4.78, 5) is 39.2. The number of aryl methyl sites for hydroxylation is 1. The average molecular weight is 360 g/mol. The third-order valence-electron chi connectivity index (χ3n) is 5.89. The molecule has 0 saturated carbocycles. The highest BCUT2D eigenvalue weighted by atomic mass is 16.2. The SMILES string of the molecule is Cc1nc2c(c(=O)[nH]1)CC[C@@H]1CN(C(=O)c3cccc4ncccc34)C[C@H]21. The molecular formula is C21H20N4O2. The van der Waals surface area contributed by atoms with Crippen LogP contribution in [-0.2, 0) is 6.42 Å². The van der Waals surface area contributed by atoms with Gasteiger partial charge in [0, 0.05) is 41.7 Å². The van der Waals surface area contributed by atoms with Crippen molar-refractivity contribution in [1.82, 2.24) is 19.9 Å². The van der Waals surface area contributed by atoms with Gasteiger partial charge in [0.05, 0.1) is 11.2 Å². The minimum absolute atomic E-state index is 0.0270. The predicted octanol–water partition coefficient (Wildman–Crippen LogP) is 2.43. The van der Waals surface area contributed by atoms with Crippen molar-refractivity contribution in [2.75, 3.05) is 13.1 Å². The highest BCUT2D eigenvalue weighted by Crippen LogP contribution is 2.40. The van der Waals surface area contributed by atoms with Gasteiger partial charge in [0.1, 0.15) is 5.82 Å². The van der Waals surface area contributed by atoms with Crippen molar-refractivity contribution in [2.45, 2.75) is 25.7 Å². The molecule has 27 heavy (non-hydrogen) atoms. The summed E-state index contributed by atoms with van der Waals surface area (Å²) in [6, 6.07) is 9.47. The molecule has 5 rings (SSSR count). The molecule has 3 aromatic rings. The first-order valence-electron chi connectivity index (χ1n) is 9.34. The number of hydrogen-bond acceptors (Lipinski definition) is 4. The zero-order valence-electron chi connectivity index (χ0n) is 15.1. The number of aromatic amines is 1. The summed E-state index contributed by atoms with van der Waals surface area (Å²) in [6.07, 6.45) is 3.40. The molecule has 136 valence electrons. The molecular weight excluding hydrogens is 340 g/mol. The normalized spacial score (nSPS) is 21.1. The lowest BCUT2D eigenvalue weighted by atomic mass is 9.80. The van der Waals surface area contributed by atoms with E-state index in [1.165, 1.54) is 0 Å². The van der Waals surface area contributed by atoms with Crippen LogP contribution in [0.15, 0.2) is 41.3 Å². The molecule has 3 heterocycles. The Balaban J connectivity index is 1.50. The van der Waals surface area contributed by atoms with E-state index >= 15 is 0 Å². The number of benzene rings is 1. The lowest BCUT2D eigenvalue weighted by Gasteiger charge is -2.25. The fourth-order valence-electron chi connectivity index (χ4n) is 4.61. The monoisotopic (exact) mass is 360 g/mol. The lowest BCUT2D eigenvalue weighted by molar-refractivity contribution is 0.0787. The number of rotatable bonds is 1. The first kappa shape index (κ1) is 16.2. The Hall–Kier alpha value is -3.02. The molecule has 2 aliphatic rings. The van der Waals surface area contributed by atoms with E-state index in [9.17, 15) is 9.59 Å². The first-order chi connectivity index (χ1) is 13.1. The summed E-state index contributed by atoms with van der Waals surface area (Å²) in [5.41, 5.74) is 3.18. The number of nitrogens with one attached hydrogen (secondary N) is 1. The third-order valence-corrected chi connectivity index (χ3v) is 5.89. The van der Waals surface area contributed by atoms with Crippen molar-refractivity contribution in [3.63, 3.8) is 0 Å². The van der Waals surface area contributed by atoms with Crippen LogP contribution in [0.25, 0.3) is 10.9 Å². The standard InChI is InChI=1S/C21H20N4O2/c1-12-23-19-16(20(26)24-12)8-7-13-10-25(11-17(13)19)21(27)15-4-2-6-18-14(15)5-3-9-22-18/h2-6,9,13,17H,7-8,10-11H2,1H3,(H,23,24,26)/t13-,17+/m1/s1. The second-order valence-corrected chi connectivity index (χ2v) is 7.51. The maximum absolute atomic E-state index is 13.3. The van der Waals surface area contributed by atoms with Gasteiger partial charge in [0.15, 0.2) is 0 Å². The number of fused-ring (bicyclic) bond motifs is 4. The van der Waals surface area contributed by atoms with E-state index in [0.717, 1.165) is 35.0 Å². The number of hydrogen-bond donors (Lipinski definition) is 1. The Morgan fingerprint density at radius 1 is 1.22 bits per heavy atom. The molecule has 0 spiro atoms. The topological polar surface area (TPSA) is 79.0 Å². The first-order valence-corrected chi connectivity index (χ1v) is 9.34. The van der Waals surface area contributed by atoms with Crippen LogP contribution in [0.4, 0.5) is 0 Å². The van der Waals surface area contributed by atoms with Crippen LogP contribution in [0.1, 0.15) is 39.8 Å². The summed E-state index contributed by atoms with van der Waals surface area (Å²) < 4.78 is 0. The molecule has 6 heteroatoms. The quantitative estimate of drug-likeness (QED) is 0.723. The summed E-state index contributed by atoms with van der Waals surface area (Å²) in [6.45, 7) is 3.14. The Bertz CT molecular complexity index is 1120. The van der Waals surface area contributed by atoms with E-state index in [-0.39, 0.29) is 17.4 Å². The number of aromatic nitrogens is 3. The molecule has 1 fully saturated rings. The minimum Gasteiger partial charge on any atom is -0.338 e. The number of carbonyl (C=O) groups is 1. The molecule has 1 amide bonds. The molecule has 1 aliphatic heterocycles. The largest absolute Gasteiger partial charge is 0.338 e. The molecule has 2 aromatic heterocycles. The van der Waals surface area contributed by atoms with E-state index in [1.807, 2.05) is 42.2 Å². The van der Waals surface area contributed by atoms with Crippen molar-refractivity contribution >= 4 is 16.8 Å². The predicted molar refractivity (Wildman–Crippen MR) is 102 cm³/mol. The molecule has 0 radical (unpaired) electrons. The number of pyridine rings is 1. The van der Waals surface area contributed by atoms with Gasteiger partial charge in [-0.25, -0.2) is 4.98 Å². The third kappa shape index (κ3) is 2.55. The van der Waals surface area contributed by atoms with Gasteiger partial charge in [-0.05, 0) is 43.9 Å². The van der Waals surface area contributed by atoms with Gasteiger partial charge in [0.2, 0.25) is 0 Å². The van der Waals surface area contributed by atoms with Gasteiger partial charge in [-0.3, -0.25) is 14.6 Å². The van der Waals surface area contributed by atoms with Gasteiger partial charge in [-0.15, -0.1) is 0 Å². The van der Waals surface area contributed by atoms with Crippen molar-refractivity contribution in [3.8, 4) is 0 Å². The Morgan fingerprint density at radius 3 is 3.00 bits per heavy atom. The van der Waals surface area contributed by atoms with Crippen LogP contribution in [0, 0.1) is 12.8 Å². The Morgan fingerprint density at radius 2 is 2.11 bits per heavy atom. The summed E-state index contributed by atoms with van der Waals surface area (Å²) in [5.74, 6) is 1.19. The second-order valence-electron chi connectivity index (χ2n) is 7.51. The zero-order chi connectivity index (χ0) is 18.5. The van der Waals surface area contributed by atoms with Crippen LogP contribution >= 0.6 is 0 Å². The van der Waals surface area contributed by atoms with E-state index in [2.05, 4.69) is 15.0 Å². The second kappa shape index (κ2) is 6.01. The van der Waals surface area contributed by atoms with Gasteiger partial charge in [0.25, 0.3) is 11.5 Å². The molecule has 2 atom stereocenters. The number of likely N-dealkylation sites (tertiary alicyclic amines) is 1. The summed E-state index contributed by atoms with van der Waals surface area (Å²) >= 11 is 0. The number of H-pyrrole nitrogens is 1. The molecule has 1 N–H and O–H groups in total. The number of carbonyl (C=O) groups excluding carboxylic acids is 1. The summed E-state index contributed by atoms with van der Waals surface area (Å²) in [7, 11) is 0. The smallest absolute Gasteiger partial charge is 0.254 e. The highest BCUT2D eigenvalue weighted by molar-refractivity contribution is 6.06. The number of nitrogens with zero attached hydrogens (tertiary/aromatic N) is 3. The van der Waals surface area contributed by atoms with Gasteiger partial charge >= 0.3 is 0 Å². The van der Waals surface area contributed by atoms with Crippen LogP contribution in [0.2, 0.25) is 0 Å². The molecule has 6 nitrogen and oxygen atoms in total. The zero-order valence-corrected chi connectivity index (χ0v) is 15.1. The van der Waals surface area contributed by atoms with E-state index in [0.29, 0.717) is 30.4 Å². The maximum atomic E-state index is 13.3. The van der Waals surface area contributed by atoms with Crippen LogP contribution in [-0.4, -0.2) is 38.8 Å². The van der Waals surface area contributed by atoms with Gasteiger partial charge in [-0.2, -0.15) is 0 Å². The van der Waals surface area contributed by atoms with Gasteiger partial charge in [-0.1, -0.05) is 12.1 Å². The Labute approximate surface area is 156 Å². The van der Waals surface area contributed by atoms with Gasteiger partial charge < -0.3 is 9.88 Å². The fraction of sp³-hybridized carbons (Fsp3) is 0.333. The average Bonchev–Trinajstić information content (AvgIpc) is 3.12. The van der Waals surface area contributed by atoms with E-state index in [4.69, 9.17) is 0 Å². The molecule has 1 aromatic carbocycles. The molecule has 1 aliphatic carbocycles. The van der Waals surface area contributed by atoms with Crippen molar-refractivity contribution in [3.05, 3.63) is 69.5 Å². The number of amides is 1. The fourth-order valence-corrected chi connectivity index (χ4v) is 4.61. The van der Waals surface area contributed by atoms with Crippen molar-refractivity contribution in [2.24, 2.45) is 5.92 Å². The molecule has 0 unspecified atom stereocenters. The maximum Gasteiger partial charge on any atom is 0.254 e. The van der Waals surface area contributed by atoms with Crippen molar-refractivity contribution < 1.29 is 4.79 Å². The highest BCUT2D eigenvalue weighted by Gasteiger charge is 2.41. The van der Waals surface area contributed by atoms with Crippen LogP contribution in [0.5, 0.6) is 0 Å². The molecule has 0 bridgehead atoms. The van der Waals surface area contributed by atoms with E-state index < -0.39 is 0 Å². The van der Waals surface area contributed by atoms with Crippen molar-refractivity contribution in [1.29, 1.82) is 0 Å². The van der Waals surface area contributed by atoms with Crippen LogP contribution in [0.3, 0.4) is 0 Å². The minimum atomic E-state index is -0.0270. The summed E-state index contributed by atoms with van der Waals surface area (Å²) in [5, 5.41) is 0.880. The lowest BCUT2D eigenvalue weighted by Crippen LogP contribution is -2.29.